The number of pyridine rings is 3. The minimum absolute atomic E-state index is 0.569. The Kier molecular flexibility index (Phi) is 4.63. The van der Waals surface area contributed by atoms with Gasteiger partial charge in [-0.3, -0.25) is 15.1 Å². The Hall–Kier alpha value is -3.39. The van der Waals surface area contributed by atoms with Crippen LogP contribution < -0.4 is 4.90 Å². The average Bonchev–Trinajstić information content (AvgIpc) is 3.43. The molecule has 152 valence electrons. The number of aromatic amines is 1. The van der Waals surface area contributed by atoms with Gasteiger partial charge in [-0.1, -0.05) is 11.3 Å². The van der Waals surface area contributed by atoms with Gasteiger partial charge in [0.2, 0.25) is 0 Å². The van der Waals surface area contributed by atoms with E-state index in [1.54, 1.807) is 0 Å². The minimum atomic E-state index is 0.569. The summed E-state index contributed by atoms with van der Waals surface area (Å²) in [6.45, 7) is 4.00. The zero-order chi connectivity index (χ0) is 20.7. The Morgan fingerprint density at radius 1 is 1.07 bits per heavy atom. The number of fused-ring (bicyclic) bond motifs is 1. The maximum absolute atomic E-state index is 4.86. The molecule has 8 nitrogen and oxygen atoms in total. The minimum Gasteiger partial charge on any atom is -0.369 e. The molecule has 5 heterocycles. The Labute approximate surface area is 175 Å². The molecule has 1 N–H and O–H groups in total. The highest BCUT2D eigenvalue weighted by molar-refractivity contribution is 5.82. The average molecular weight is 400 g/mol. The topological polar surface area (TPSA) is 86.7 Å². The lowest BCUT2D eigenvalue weighted by Gasteiger charge is -2.21. The first kappa shape index (κ1) is 18.6. The Bertz CT molecular complexity index is 1200. The van der Waals surface area contributed by atoms with E-state index in [0.717, 1.165) is 59.0 Å². The fraction of sp³-hybridized carbons (Fsp3) is 0.318. The molecule has 0 saturated carbocycles. The van der Waals surface area contributed by atoms with E-state index >= 15 is 0 Å². The summed E-state index contributed by atoms with van der Waals surface area (Å²) < 4.78 is 0. The zero-order valence-electron chi connectivity index (χ0n) is 17.4. The largest absolute Gasteiger partial charge is 0.369 e. The molecule has 4 aromatic rings. The molecule has 4 aromatic heterocycles. The maximum Gasteiger partial charge on any atom is 0.140 e. The van der Waals surface area contributed by atoms with Gasteiger partial charge in [0.1, 0.15) is 11.4 Å². The van der Waals surface area contributed by atoms with Crippen molar-refractivity contribution in [3.63, 3.8) is 0 Å². The second kappa shape index (κ2) is 7.46. The lowest BCUT2D eigenvalue weighted by Crippen LogP contribution is -2.31. The molecule has 0 amide bonds. The SMILES string of the molecule is Cc1cccc(-c2[nH]nnc2-c2ccc3ncc(N4CC[C@H](N(C)C)C4)cc3n2)n1. The first-order valence-corrected chi connectivity index (χ1v) is 10.1. The van der Waals surface area contributed by atoms with Gasteiger partial charge in [0.15, 0.2) is 0 Å². The number of H-pyrrole nitrogens is 1. The fourth-order valence-electron chi connectivity index (χ4n) is 3.97. The third-order valence-electron chi connectivity index (χ3n) is 5.72. The number of aromatic nitrogens is 6. The van der Waals surface area contributed by atoms with Gasteiger partial charge < -0.3 is 9.80 Å². The van der Waals surface area contributed by atoms with Gasteiger partial charge in [-0.15, -0.1) is 5.10 Å². The van der Waals surface area contributed by atoms with E-state index in [4.69, 9.17) is 4.98 Å². The molecular formula is C22H24N8. The summed E-state index contributed by atoms with van der Waals surface area (Å²) >= 11 is 0. The molecule has 30 heavy (non-hydrogen) atoms. The Morgan fingerprint density at radius 3 is 2.77 bits per heavy atom. The standard InChI is InChI=1S/C22H24N8/c1-14-5-4-6-18(24-14)21-22(27-28-26-21)19-8-7-17-20(25-19)11-16(12-23-17)30-10-9-15(13-30)29(2)3/h4-8,11-12,15H,9-10,13H2,1-3H3,(H,26,27,28)/t15-/m0/s1. The van der Waals surface area contributed by atoms with Crippen LogP contribution in [0.4, 0.5) is 5.69 Å². The van der Waals surface area contributed by atoms with Crippen molar-refractivity contribution >= 4 is 16.7 Å². The first-order valence-electron chi connectivity index (χ1n) is 10.1. The van der Waals surface area contributed by atoms with Crippen LogP contribution in [0.5, 0.6) is 0 Å². The lowest BCUT2D eigenvalue weighted by atomic mass is 10.1. The molecule has 8 heteroatoms. The molecule has 1 fully saturated rings. The molecule has 0 aliphatic carbocycles. The molecule has 0 radical (unpaired) electrons. The Balaban J connectivity index is 1.51. The smallest absolute Gasteiger partial charge is 0.140 e. The van der Waals surface area contributed by atoms with Crippen molar-refractivity contribution in [2.24, 2.45) is 0 Å². The molecule has 5 rings (SSSR count). The van der Waals surface area contributed by atoms with E-state index < -0.39 is 0 Å². The van der Waals surface area contributed by atoms with E-state index in [0.29, 0.717) is 11.7 Å². The van der Waals surface area contributed by atoms with Gasteiger partial charge in [-0.05, 0) is 57.8 Å². The third-order valence-corrected chi connectivity index (χ3v) is 5.72. The summed E-state index contributed by atoms with van der Waals surface area (Å²) in [5.74, 6) is 0. The first-order chi connectivity index (χ1) is 14.6. The number of hydrogen-bond donors (Lipinski definition) is 1. The van der Waals surface area contributed by atoms with Crippen LogP contribution in [-0.2, 0) is 0 Å². The number of nitrogens with zero attached hydrogens (tertiary/aromatic N) is 7. The normalized spacial score (nSPS) is 16.7. The van der Waals surface area contributed by atoms with Crippen LogP contribution in [0.15, 0.2) is 42.6 Å². The highest BCUT2D eigenvalue weighted by Crippen LogP contribution is 2.29. The second-order valence-corrected chi connectivity index (χ2v) is 7.98. The monoisotopic (exact) mass is 400 g/mol. The molecule has 1 aliphatic heterocycles. The summed E-state index contributed by atoms with van der Waals surface area (Å²) in [5, 5.41) is 11.3. The van der Waals surface area contributed by atoms with Crippen LogP contribution in [0.1, 0.15) is 12.1 Å². The zero-order valence-corrected chi connectivity index (χ0v) is 17.4. The summed E-state index contributed by atoms with van der Waals surface area (Å²) in [5.41, 5.74) is 6.77. The van der Waals surface area contributed by atoms with Gasteiger partial charge in [-0.2, -0.15) is 0 Å². The predicted molar refractivity (Wildman–Crippen MR) is 117 cm³/mol. The summed E-state index contributed by atoms with van der Waals surface area (Å²) in [6, 6.07) is 12.5. The fourth-order valence-corrected chi connectivity index (χ4v) is 3.97. The van der Waals surface area contributed by atoms with E-state index in [2.05, 4.69) is 55.3 Å². The van der Waals surface area contributed by atoms with Crippen molar-refractivity contribution in [2.75, 3.05) is 32.1 Å². The number of rotatable bonds is 4. The molecule has 1 atom stereocenters. The van der Waals surface area contributed by atoms with Crippen LogP contribution in [-0.4, -0.2) is 68.5 Å². The van der Waals surface area contributed by atoms with Gasteiger partial charge in [-0.25, -0.2) is 4.98 Å². The molecule has 0 unspecified atom stereocenters. The van der Waals surface area contributed by atoms with E-state index in [-0.39, 0.29) is 0 Å². The van der Waals surface area contributed by atoms with Gasteiger partial charge >= 0.3 is 0 Å². The highest BCUT2D eigenvalue weighted by atomic mass is 15.3. The quantitative estimate of drug-likeness (QED) is 0.564. The number of likely N-dealkylation sites (N-methyl/N-ethyl adjacent to an activating group) is 1. The second-order valence-electron chi connectivity index (χ2n) is 7.98. The Morgan fingerprint density at radius 2 is 1.97 bits per heavy atom. The van der Waals surface area contributed by atoms with Crippen LogP contribution in [0.3, 0.4) is 0 Å². The van der Waals surface area contributed by atoms with Crippen LogP contribution in [0.25, 0.3) is 33.8 Å². The number of anilines is 1. The van der Waals surface area contributed by atoms with Gasteiger partial charge in [0.05, 0.1) is 34.3 Å². The molecular weight excluding hydrogens is 376 g/mol. The number of hydrogen-bond acceptors (Lipinski definition) is 7. The molecule has 1 aliphatic rings. The molecule has 0 bridgehead atoms. The third kappa shape index (κ3) is 3.39. The molecule has 1 saturated heterocycles. The van der Waals surface area contributed by atoms with E-state index in [9.17, 15) is 0 Å². The highest BCUT2D eigenvalue weighted by Gasteiger charge is 2.24. The van der Waals surface area contributed by atoms with Gasteiger partial charge in [0, 0.05) is 24.8 Å². The van der Waals surface area contributed by atoms with Crippen molar-refractivity contribution in [3.8, 4) is 22.8 Å². The summed E-state index contributed by atoms with van der Waals surface area (Å²) in [4.78, 5) is 18.8. The van der Waals surface area contributed by atoms with Crippen molar-refractivity contribution in [1.29, 1.82) is 0 Å². The maximum atomic E-state index is 4.86. The van der Waals surface area contributed by atoms with Crippen molar-refractivity contribution in [1.82, 2.24) is 35.3 Å². The van der Waals surface area contributed by atoms with Crippen LogP contribution >= 0.6 is 0 Å². The molecule has 0 spiro atoms. The lowest BCUT2D eigenvalue weighted by molar-refractivity contribution is 0.315. The van der Waals surface area contributed by atoms with E-state index in [1.165, 1.54) is 0 Å². The molecule has 0 aromatic carbocycles. The number of aryl methyl sites for hydroxylation is 1. The van der Waals surface area contributed by atoms with Crippen molar-refractivity contribution < 1.29 is 0 Å². The summed E-state index contributed by atoms with van der Waals surface area (Å²) in [7, 11) is 4.28. The van der Waals surface area contributed by atoms with Gasteiger partial charge in [0.25, 0.3) is 0 Å². The van der Waals surface area contributed by atoms with Crippen molar-refractivity contribution in [2.45, 2.75) is 19.4 Å². The van der Waals surface area contributed by atoms with Crippen molar-refractivity contribution in [3.05, 3.63) is 48.3 Å². The summed E-state index contributed by atoms with van der Waals surface area (Å²) in [6.07, 6.45) is 3.10. The van der Waals surface area contributed by atoms with Crippen LogP contribution in [0.2, 0.25) is 0 Å². The van der Waals surface area contributed by atoms with E-state index in [1.807, 2.05) is 43.5 Å². The predicted octanol–water partition coefficient (Wildman–Crippen LogP) is 2.93. The van der Waals surface area contributed by atoms with Crippen LogP contribution in [0, 0.1) is 6.92 Å². The number of nitrogens with one attached hydrogen (secondary N) is 1.